The van der Waals surface area contributed by atoms with E-state index in [1.807, 2.05) is 55.6 Å². The minimum Gasteiger partial charge on any atom is -0.378 e. The van der Waals surface area contributed by atoms with Gasteiger partial charge in [0.2, 0.25) is 0 Å². The molecule has 0 atom stereocenters. The Kier molecular flexibility index (Phi) is 13.9. The van der Waals surface area contributed by atoms with E-state index in [0.29, 0.717) is 92.2 Å². The summed E-state index contributed by atoms with van der Waals surface area (Å²) < 4.78 is 40.6. The van der Waals surface area contributed by atoms with Crippen LogP contribution >= 0.6 is 0 Å². The van der Waals surface area contributed by atoms with Crippen molar-refractivity contribution in [1.82, 2.24) is 24.3 Å². The number of nitrogens with two attached hydrogens (primary N) is 1. The summed E-state index contributed by atoms with van der Waals surface area (Å²) in [6, 6.07) is 22.0. The van der Waals surface area contributed by atoms with Gasteiger partial charge in [0, 0.05) is 72.3 Å². The van der Waals surface area contributed by atoms with Crippen LogP contribution in [0.15, 0.2) is 72.8 Å². The zero-order valence-electron chi connectivity index (χ0n) is 31.5. The maximum atomic E-state index is 13.5. The number of rotatable bonds is 23. The molecular formula is C40H48N6O9S. The van der Waals surface area contributed by atoms with Crippen molar-refractivity contribution in [3.05, 3.63) is 95.1 Å². The molecule has 298 valence electrons. The van der Waals surface area contributed by atoms with Gasteiger partial charge in [-0.25, -0.2) is 9.86 Å². The number of imide groups is 2. The molecule has 0 saturated carbocycles. The minimum absolute atomic E-state index is 0.0751. The topological polar surface area (TPSA) is 181 Å². The Morgan fingerprint density at radius 3 is 1.46 bits per heavy atom. The fourth-order valence-electron chi connectivity index (χ4n) is 7.08. The van der Waals surface area contributed by atoms with Crippen molar-refractivity contribution >= 4 is 55.4 Å². The highest BCUT2D eigenvalue weighted by molar-refractivity contribution is 7.87. The van der Waals surface area contributed by atoms with Gasteiger partial charge in [-0.1, -0.05) is 48.5 Å². The molecule has 0 bridgehead atoms. The van der Waals surface area contributed by atoms with E-state index in [1.54, 1.807) is 24.3 Å². The summed E-state index contributed by atoms with van der Waals surface area (Å²) in [5.41, 5.74) is 2.12. The maximum Gasteiger partial charge on any atom is 0.274 e. The first-order valence-corrected chi connectivity index (χ1v) is 20.3. The van der Waals surface area contributed by atoms with Crippen molar-refractivity contribution in [3.8, 4) is 0 Å². The van der Waals surface area contributed by atoms with Gasteiger partial charge in [0.1, 0.15) is 0 Å². The number of carbonyl (C=O) groups excluding carboxylic acids is 4. The molecule has 0 saturated heterocycles. The van der Waals surface area contributed by atoms with Gasteiger partial charge in [0.25, 0.3) is 33.8 Å². The first-order valence-electron chi connectivity index (χ1n) is 18.7. The van der Waals surface area contributed by atoms with Gasteiger partial charge in [0.15, 0.2) is 0 Å². The lowest BCUT2D eigenvalue weighted by molar-refractivity contribution is 0.0110. The largest absolute Gasteiger partial charge is 0.378 e. The van der Waals surface area contributed by atoms with Crippen molar-refractivity contribution in [2.24, 2.45) is 5.14 Å². The number of hydrogen-bond acceptors (Lipinski definition) is 11. The molecule has 0 radical (unpaired) electrons. The van der Waals surface area contributed by atoms with Gasteiger partial charge in [-0.2, -0.15) is 8.42 Å². The lowest BCUT2D eigenvalue weighted by atomic mass is 9.94. The third-order valence-corrected chi connectivity index (χ3v) is 10.5. The number of hydrogen-bond donors (Lipinski definition) is 2. The SMILES string of the molecule is CN(CCCN(CCOCCOCCOCCNS(N)(=O)=O)CCN1C(=O)c2cccc3cccc(c23)C1=O)CCN1C(=O)c2cccc3cccc(c23)C1=O. The summed E-state index contributed by atoms with van der Waals surface area (Å²) in [5.74, 6) is -1.18. The lowest BCUT2D eigenvalue weighted by Gasteiger charge is -2.31. The Hall–Kier alpha value is -4.65. The summed E-state index contributed by atoms with van der Waals surface area (Å²) in [7, 11) is -1.79. The highest BCUT2D eigenvalue weighted by Gasteiger charge is 2.34. The van der Waals surface area contributed by atoms with Gasteiger partial charge < -0.3 is 19.1 Å². The standard InChI is InChI=1S/C40H48N6O9S/c1-43(18-20-45-37(47)31-11-2-7-29-8-3-12-32(35(29)31)38(45)48)16-6-17-44(22-24-54-26-28-55-27-25-53-23-15-42-56(41,51)52)19-21-46-39(49)33-13-4-9-30-10-5-14-34(36(30)33)40(46)50/h2-5,7-14,42H,6,15-28H2,1H3,(H2,41,51,52). The van der Waals surface area contributed by atoms with Crippen LogP contribution in [0.5, 0.6) is 0 Å². The van der Waals surface area contributed by atoms with E-state index in [2.05, 4.69) is 14.5 Å². The Labute approximate surface area is 326 Å². The van der Waals surface area contributed by atoms with Crippen LogP contribution in [0.25, 0.3) is 21.5 Å². The van der Waals surface area contributed by atoms with Gasteiger partial charge >= 0.3 is 0 Å². The molecule has 4 amide bonds. The van der Waals surface area contributed by atoms with Gasteiger partial charge in [-0.15, -0.1) is 0 Å². The fraction of sp³-hybridized carbons (Fsp3) is 0.400. The molecule has 0 spiro atoms. The van der Waals surface area contributed by atoms with Crippen LogP contribution in [-0.2, 0) is 24.4 Å². The molecule has 0 aliphatic carbocycles. The number of benzene rings is 4. The monoisotopic (exact) mass is 788 g/mol. The molecule has 2 heterocycles. The van der Waals surface area contributed by atoms with Crippen LogP contribution in [0.1, 0.15) is 47.9 Å². The van der Waals surface area contributed by atoms with Gasteiger partial charge in [-0.3, -0.25) is 33.9 Å². The number of ether oxygens (including phenoxy) is 3. The molecule has 0 unspecified atom stereocenters. The van der Waals surface area contributed by atoms with E-state index in [0.717, 1.165) is 17.2 Å². The Bertz CT molecular complexity index is 2080. The molecule has 16 heteroatoms. The highest BCUT2D eigenvalue weighted by Crippen LogP contribution is 2.31. The van der Waals surface area contributed by atoms with Crippen molar-refractivity contribution < 1.29 is 41.8 Å². The van der Waals surface area contributed by atoms with E-state index in [1.165, 1.54) is 9.80 Å². The summed E-state index contributed by atoms with van der Waals surface area (Å²) in [6.07, 6.45) is 0.750. The lowest BCUT2D eigenvalue weighted by Crippen LogP contribution is -2.45. The van der Waals surface area contributed by atoms with Gasteiger partial charge in [0.05, 0.1) is 39.6 Å². The molecule has 2 aliphatic rings. The number of likely N-dealkylation sites (N-methyl/N-ethyl adjacent to an activating group) is 1. The number of nitrogens with zero attached hydrogens (tertiary/aromatic N) is 4. The van der Waals surface area contributed by atoms with Crippen molar-refractivity contribution in [1.29, 1.82) is 0 Å². The molecule has 15 nitrogen and oxygen atoms in total. The molecule has 4 aromatic rings. The van der Waals surface area contributed by atoms with Crippen molar-refractivity contribution in [2.75, 3.05) is 99.0 Å². The molecular weight excluding hydrogens is 741 g/mol. The van der Waals surface area contributed by atoms with E-state index >= 15 is 0 Å². The summed E-state index contributed by atoms with van der Waals surface area (Å²) in [4.78, 5) is 60.7. The minimum atomic E-state index is -3.74. The molecule has 3 N–H and O–H groups in total. The van der Waals surface area contributed by atoms with Crippen LogP contribution in [0.4, 0.5) is 0 Å². The van der Waals surface area contributed by atoms with Crippen LogP contribution in [0.2, 0.25) is 0 Å². The van der Waals surface area contributed by atoms with Crippen LogP contribution in [0.3, 0.4) is 0 Å². The predicted octanol–water partition coefficient (Wildman–Crippen LogP) is 2.35. The quantitative estimate of drug-likeness (QED) is 0.0832. The summed E-state index contributed by atoms with van der Waals surface area (Å²) >= 11 is 0. The Morgan fingerprint density at radius 1 is 0.571 bits per heavy atom. The molecule has 0 aromatic heterocycles. The molecule has 4 aromatic carbocycles. The second kappa shape index (κ2) is 19.0. The van der Waals surface area contributed by atoms with Crippen molar-refractivity contribution in [2.45, 2.75) is 6.42 Å². The molecule has 56 heavy (non-hydrogen) atoms. The van der Waals surface area contributed by atoms with Gasteiger partial charge in [-0.05, 0) is 61.6 Å². The highest BCUT2D eigenvalue weighted by atomic mass is 32.2. The zero-order chi connectivity index (χ0) is 39.7. The smallest absolute Gasteiger partial charge is 0.274 e. The van der Waals surface area contributed by atoms with Crippen LogP contribution in [0, 0.1) is 0 Å². The van der Waals surface area contributed by atoms with E-state index in [4.69, 9.17) is 19.3 Å². The number of amides is 4. The number of nitrogens with one attached hydrogen (secondary N) is 1. The maximum absolute atomic E-state index is 13.5. The Balaban J connectivity index is 0.979. The van der Waals surface area contributed by atoms with Crippen LogP contribution < -0.4 is 9.86 Å². The molecule has 0 fully saturated rings. The fourth-order valence-corrected chi connectivity index (χ4v) is 7.45. The average Bonchev–Trinajstić information content (AvgIpc) is 3.18. The average molecular weight is 789 g/mol. The van der Waals surface area contributed by atoms with E-state index in [-0.39, 0.29) is 56.5 Å². The van der Waals surface area contributed by atoms with Crippen LogP contribution in [-0.4, -0.2) is 151 Å². The first-order chi connectivity index (χ1) is 27.0. The molecule has 2 aliphatic heterocycles. The van der Waals surface area contributed by atoms with E-state index in [9.17, 15) is 27.6 Å². The summed E-state index contributed by atoms with van der Waals surface area (Å²) in [6.45, 7) is 5.23. The third kappa shape index (κ3) is 10.0. The normalized spacial score (nSPS) is 14.4. The Morgan fingerprint density at radius 2 is 1.00 bits per heavy atom. The zero-order valence-corrected chi connectivity index (χ0v) is 32.3. The van der Waals surface area contributed by atoms with E-state index < -0.39 is 10.2 Å². The first kappa shape index (κ1) is 41.0. The summed E-state index contributed by atoms with van der Waals surface area (Å²) in [5, 5.41) is 8.00. The third-order valence-electron chi connectivity index (χ3n) is 9.92. The second-order valence-electron chi connectivity index (χ2n) is 13.7. The molecule has 6 rings (SSSR count). The van der Waals surface area contributed by atoms with Crippen molar-refractivity contribution in [3.63, 3.8) is 0 Å². The predicted molar refractivity (Wildman–Crippen MR) is 211 cm³/mol. The second-order valence-corrected chi connectivity index (χ2v) is 15.1. The number of carbonyl (C=O) groups is 4.